The molecule has 0 radical (unpaired) electrons. The Morgan fingerprint density at radius 2 is 2.05 bits per heavy atom. The molecule has 2 fully saturated rings. The van der Waals surface area contributed by atoms with Crippen LogP contribution in [-0.2, 0) is 4.74 Å². The van der Waals surface area contributed by atoms with Gasteiger partial charge in [-0.25, -0.2) is 0 Å². The third kappa shape index (κ3) is 1.43. The number of ether oxygens (including phenoxy) is 1. The van der Waals surface area contributed by atoms with Crippen molar-refractivity contribution in [3.8, 4) is 6.07 Å². The molecule has 4 rings (SSSR count). The fraction of sp³-hybridized carbons (Fsp3) is 0.333. The lowest BCUT2D eigenvalue weighted by molar-refractivity contribution is -0.126. The van der Waals surface area contributed by atoms with Crippen LogP contribution in [0.1, 0.15) is 5.56 Å². The number of pyridine rings is 1. The van der Waals surface area contributed by atoms with E-state index in [4.69, 9.17) is 4.74 Å². The van der Waals surface area contributed by atoms with Gasteiger partial charge in [-0.05, 0) is 6.07 Å². The van der Waals surface area contributed by atoms with Crippen LogP contribution in [0.4, 0.5) is 5.69 Å². The summed E-state index contributed by atoms with van der Waals surface area (Å²) in [4.78, 5) is 16.9. The van der Waals surface area contributed by atoms with Crippen LogP contribution >= 0.6 is 0 Å². The summed E-state index contributed by atoms with van der Waals surface area (Å²) in [5.74, 6) is 0. The van der Waals surface area contributed by atoms with Crippen LogP contribution in [0.2, 0.25) is 0 Å². The number of anilines is 1. The van der Waals surface area contributed by atoms with Gasteiger partial charge in [0, 0.05) is 18.5 Å². The maximum atomic E-state index is 12.0. The van der Waals surface area contributed by atoms with Crippen LogP contribution < -0.4 is 10.5 Å². The van der Waals surface area contributed by atoms with E-state index in [1.165, 1.54) is 0 Å². The Hall–Kier alpha value is -2.32. The van der Waals surface area contributed by atoms with Gasteiger partial charge in [0.2, 0.25) is 0 Å². The molecule has 1 N–H and O–H groups in total. The molecule has 0 unspecified atom stereocenters. The molecule has 0 amide bonds. The summed E-state index contributed by atoms with van der Waals surface area (Å²) >= 11 is 0. The maximum Gasteiger partial charge on any atom is 0.268 e. The molecule has 5 nitrogen and oxygen atoms in total. The molecule has 2 aliphatic heterocycles. The highest BCUT2D eigenvalue weighted by Crippen LogP contribution is 2.42. The van der Waals surface area contributed by atoms with Crippen molar-refractivity contribution >= 4 is 16.6 Å². The molecule has 0 aliphatic carbocycles. The van der Waals surface area contributed by atoms with E-state index in [1.54, 1.807) is 0 Å². The number of benzene rings is 1. The number of aromatic amines is 1. The molecule has 1 aromatic heterocycles. The lowest BCUT2D eigenvalue weighted by Gasteiger charge is -2.56. The second-order valence-corrected chi connectivity index (χ2v) is 5.68. The van der Waals surface area contributed by atoms with Gasteiger partial charge >= 0.3 is 0 Å². The van der Waals surface area contributed by atoms with Crippen molar-refractivity contribution < 1.29 is 4.74 Å². The number of H-pyrrole nitrogens is 1. The van der Waals surface area contributed by atoms with Gasteiger partial charge in [-0.15, -0.1) is 0 Å². The Morgan fingerprint density at radius 1 is 1.30 bits per heavy atom. The summed E-state index contributed by atoms with van der Waals surface area (Å²) in [5.41, 5.74) is 1.68. The molecule has 1 aromatic carbocycles. The molecule has 0 atom stereocenters. The van der Waals surface area contributed by atoms with Gasteiger partial charge in [0.15, 0.2) is 0 Å². The van der Waals surface area contributed by atoms with E-state index >= 15 is 0 Å². The fourth-order valence-electron chi connectivity index (χ4n) is 3.15. The first-order valence-corrected chi connectivity index (χ1v) is 6.60. The maximum absolute atomic E-state index is 12.0. The first-order valence-electron chi connectivity index (χ1n) is 6.60. The number of nitriles is 1. The summed E-state index contributed by atoms with van der Waals surface area (Å²) in [6.45, 7) is 3.28. The number of hydrogen-bond acceptors (Lipinski definition) is 4. The molecular weight excluding hydrogens is 254 g/mol. The van der Waals surface area contributed by atoms with E-state index in [-0.39, 0.29) is 16.5 Å². The lowest BCUT2D eigenvalue weighted by Crippen LogP contribution is -2.66. The molecule has 20 heavy (non-hydrogen) atoms. The van der Waals surface area contributed by atoms with Gasteiger partial charge in [-0.1, -0.05) is 18.2 Å². The molecule has 5 heteroatoms. The monoisotopic (exact) mass is 267 g/mol. The molecule has 3 heterocycles. The fourth-order valence-corrected chi connectivity index (χ4v) is 3.15. The summed E-state index contributed by atoms with van der Waals surface area (Å²) < 4.78 is 5.27. The highest BCUT2D eigenvalue weighted by Gasteiger charge is 2.49. The first-order chi connectivity index (χ1) is 9.72. The van der Waals surface area contributed by atoms with Crippen LogP contribution in [0.15, 0.2) is 29.1 Å². The largest absolute Gasteiger partial charge is 0.380 e. The molecule has 1 spiro atoms. The normalized spacial score (nSPS) is 19.4. The molecular formula is C15H13N3O2. The number of nitrogens with zero attached hydrogens (tertiary/aromatic N) is 2. The number of para-hydroxylation sites is 1. The average Bonchev–Trinajstić information content (AvgIpc) is 2.35. The predicted molar refractivity (Wildman–Crippen MR) is 74.7 cm³/mol. The van der Waals surface area contributed by atoms with Crippen molar-refractivity contribution in [3.63, 3.8) is 0 Å². The minimum absolute atomic E-state index is 0.207. The van der Waals surface area contributed by atoms with Crippen LogP contribution in [0, 0.1) is 16.7 Å². The second-order valence-electron chi connectivity index (χ2n) is 5.68. The third-order valence-corrected chi connectivity index (χ3v) is 4.19. The summed E-state index contributed by atoms with van der Waals surface area (Å²) in [6.07, 6.45) is 0. The highest BCUT2D eigenvalue weighted by atomic mass is 16.5. The van der Waals surface area contributed by atoms with Gasteiger partial charge in [0.25, 0.3) is 5.56 Å². The van der Waals surface area contributed by atoms with Gasteiger partial charge in [0.05, 0.1) is 29.8 Å². The van der Waals surface area contributed by atoms with Crippen molar-refractivity contribution in [2.45, 2.75) is 0 Å². The van der Waals surface area contributed by atoms with Gasteiger partial charge in [-0.3, -0.25) is 4.79 Å². The van der Waals surface area contributed by atoms with E-state index < -0.39 is 0 Å². The summed E-state index contributed by atoms with van der Waals surface area (Å²) in [6, 6.07) is 9.67. The quantitative estimate of drug-likeness (QED) is 0.844. The standard InChI is InChI=1S/C15H13N3O2/c16-5-11-13(18-6-15(7-18)8-20-9-15)10-3-1-2-4-12(10)17-14(11)19/h1-4H,6-9H2,(H,17,19). The molecule has 0 bridgehead atoms. The van der Waals surface area contributed by atoms with Crippen LogP contribution in [0.25, 0.3) is 10.9 Å². The Labute approximate surface area is 115 Å². The smallest absolute Gasteiger partial charge is 0.268 e. The van der Waals surface area contributed by atoms with Crippen molar-refractivity contribution in [2.75, 3.05) is 31.2 Å². The van der Waals surface area contributed by atoms with Crippen molar-refractivity contribution in [3.05, 3.63) is 40.2 Å². The Bertz CT molecular complexity index is 791. The second kappa shape index (κ2) is 3.84. The minimum atomic E-state index is -0.313. The third-order valence-electron chi connectivity index (χ3n) is 4.19. The summed E-state index contributed by atoms with van der Waals surface area (Å²) in [5, 5.41) is 10.2. The molecule has 2 aromatic rings. The van der Waals surface area contributed by atoms with Crippen LogP contribution in [0.5, 0.6) is 0 Å². The lowest BCUT2D eigenvalue weighted by atomic mass is 9.77. The summed E-state index contributed by atoms with van der Waals surface area (Å²) in [7, 11) is 0. The van der Waals surface area contributed by atoms with Gasteiger partial charge in [0.1, 0.15) is 11.6 Å². The van der Waals surface area contributed by atoms with E-state index in [1.807, 2.05) is 24.3 Å². The topological polar surface area (TPSA) is 69.1 Å². The Morgan fingerprint density at radius 3 is 2.70 bits per heavy atom. The Balaban J connectivity index is 1.88. The Kier molecular flexibility index (Phi) is 2.21. The molecule has 0 saturated carbocycles. The average molecular weight is 267 g/mol. The van der Waals surface area contributed by atoms with E-state index in [0.717, 1.165) is 42.9 Å². The number of rotatable bonds is 1. The first kappa shape index (κ1) is 11.5. The van der Waals surface area contributed by atoms with E-state index in [0.29, 0.717) is 0 Å². The van der Waals surface area contributed by atoms with Gasteiger partial charge < -0.3 is 14.6 Å². The van der Waals surface area contributed by atoms with Crippen LogP contribution in [-0.4, -0.2) is 31.3 Å². The molecule has 2 saturated heterocycles. The zero-order valence-electron chi connectivity index (χ0n) is 10.8. The number of aromatic nitrogens is 1. The molecule has 2 aliphatic rings. The number of hydrogen-bond donors (Lipinski definition) is 1. The van der Waals surface area contributed by atoms with Gasteiger partial charge in [-0.2, -0.15) is 5.26 Å². The number of nitrogens with one attached hydrogen (secondary N) is 1. The zero-order valence-corrected chi connectivity index (χ0v) is 10.8. The zero-order chi connectivity index (χ0) is 13.7. The van der Waals surface area contributed by atoms with Crippen molar-refractivity contribution in [1.82, 2.24) is 4.98 Å². The van der Waals surface area contributed by atoms with E-state index in [2.05, 4.69) is 16.0 Å². The van der Waals surface area contributed by atoms with Crippen LogP contribution in [0.3, 0.4) is 0 Å². The van der Waals surface area contributed by atoms with Crippen molar-refractivity contribution in [2.24, 2.45) is 5.41 Å². The predicted octanol–water partition coefficient (Wildman–Crippen LogP) is 1.24. The van der Waals surface area contributed by atoms with Crippen molar-refractivity contribution in [1.29, 1.82) is 5.26 Å². The minimum Gasteiger partial charge on any atom is -0.380 e. The van der Waals surface area contributed by atoms with E-state index in [9.17, 15) is 10.1 Å². The number of fused-ring (bicyclic) bond motifs is 1. The molecule has 100 valence electrons. The SMILES string of the molecule is N#Cc1c(N2CC3(COC3)C2)c2ccccc2[nH]c1=O. The highest BCUT2D eigenvalue weighted by molar-refractivity contribution is 5.94.